The summed E-state index contributed by atoms with van der Waals surface area (Å²) in [6, 6.07) is 13.1. The summed E-state index contributed by atoms with van der Waals surface area (Å²) in [5.41, 5.74) is 1.62. The number of carbonyl (C=O) groups is 1. The summed E-state index contributed by atoms with van der Waals surface area (Å²) in [6.45, 7) is 4.43. The fourth-order valence-corrected chi connectivity index (χ4v) is 5.51. The van der Waals surface area contributed by atoms with E-state index in [9.17, 15) is 9.90 Å². The zero-order valence-electron chi connectivity index (χ0n) is 16.3. The van der Waals surface area contributed by atoms with Gasteiger partial charge in [0, 0.05) is 0 Å². The molecule has 0 unspecified atom stereocenters. The third-order valence-electron chi connectivity index (χ3n) is 3.96. The summed E-state index contributed by atoms with van der Waals surface area (Å²) in [6.07, 6.45) is 1.81. The van der Waals surface area contributed by atoms with Gasteiger partial charge in [-0.05, 0) is 88.3 Å². The first-order valence-electron chi connectivity index (χ1n) is 9.20. The van der Waals surface area contributed by atoms with Crippen LogP contribution >= 0.6 is 50.3 Å². The number of nitrogens with zero attached hydrogens (tertiary/aromatic N) is 1. The molecule has 8 heteroatoms. The van der Waals surface area contributed by atoms with Crippen molar-refractivity contribution in [3.05, 3.63) is 72.3 Å². The Morgan fingerprint density at radius 2 is 1.97 bits per heavy atom. The van der Waals surface area contributed by atoms with Crippen molar-refractivity contribution in [3.8, 4) is 5.75 Å². The molecule has 1 aliphatic rings. The lowest BCUT2D eigenvalue weighted by Gasteiger charge is -2.09. The molecule has 0 spiro atoms. The van der Waals surface area contributed by atoms with E-state index >= 15 is 0 Å². The van der Waals surface area contributed by atoms with Gasteiger partial charge in [-0.3, -0.25) is 0 Å². The van der Waals surface area contributed by atoms with Crippen LogP contribution in [0.3, 0.4) is 0 Å². The van der Waals surface area contributed by atoms with Gasteiger partial charge >= 0.3 is 5.97 Å². The fourth-order valence-electron chi connectivity index (χ4n) is 2.71. The van der Waals surface area contributed by atoms with Crippen LogP contribution in [0.15, 0.2) is 68.2 Å². The second kappa shape index (κ2) is 10.5. The Morgan fingerprint density at radius 3 is 2.60 bits per heavy atom. The summed E-state index contributed by atoms with van der Waals surface area (Å²) < 4.78 is 12.5. The predicted octanol–water partition coefficient (Wildman–Crippen LogP) is 6.65. The molecule has 3 rings (SSSR count). The number of hydrogen-bond donors (Lipinski definition) is 1. The third kappa shape index (κ3) is 5.28. The first-order chi connectivity index (χ1) is 14.4. The molecule has 0 saturated heterocycles. The van der Waals surface area contributed by atoms with Crippen LogP contribution in [0.5, 0.6) is 5.75 Å². The number of aliphatic hydroxyl groups is 1. The quantitative estimate of drug-likeness (QED) is 0.298. The van der Waals surface area contributed by atoms with Crippen LogP contribution in [0.2, 0.25) is 0 Å². The number of ether oxygens (including phenoxy) is 2. The van der Waals surface area contributed by atoms with Crippen LogP contribution in [0.25, 0.3) is 6.08 Å². The van der Waals surface area contributed by atoms with Crippen molar-refractivity contribution in [1.29, 1.82) is 0 Å². The summed E-state index contributed by atoms with van der Waals surface area (Å²) >= 11 is 6.98. The maximum Gasteiger partial charge on any atom is 0.344 e. The lowest BCUT2D eigenvalue weighted by molar-refractivity contribution is -0.138. The average Bonchev–Trinajstić information content (AvgIpc) is 3.00. The first kappa shape index (κ1) is 22.9. The van der Waals surface area contributed by atoms with Crippen LogP contribution in [-0.4, -0.2) is 29.3 Å². The molecule has 0 fully saturated rings. The molecule has 0 saturated carbocycles. The van der Waals surface area contributed by atoms with Gasteiger partial charge < -0.3 is 14.6 Å². The van der Waals surface area contributed by atoms with Gasteiger partial charge in [-0.15, -0.1) is 0 Å². The summed E-state index contributed by atoms with van der Waals surface area (Å²) in [4.78, 5) is 17.6. The molecule has 0 aliphatic carbocycles. The molecule has 0 bridgehead atoms. The fraction of sp³-hybridized carbons (Fsp3) is 0.182. The van der Waals surface area contributed by atoms with E-state index in [0.717, 1.165) is 19.4 Å². The monoisotopic (exact) mass is 599 g/mol. The molecular formula is C22H19BrINO4S. The average molecular weight is 600 g/mol. The van der Waals surface area contributed by atoms with Crippen molar-refractivity contribution in [2.24, 2.45) is 4.99 Å². The number of carbonyl (C=O) groups excluding carboxylic acids is 1. The molecule has 156 valence electrons. The van der Waals surface area contributed by atoms with E-state index < -0.39 is 5.97 Å². The van der Waals surface area contributed by atoms with Gasteiger partial charge in [0.1, 0.15) is 22.1 Å². The van der Waals surface area contributed by atoms with Crippen LogP contribution in [0.4, 0.5) is 5.69 Å². The number of rotatable bonds is 6. The minimum Gasteiger partial charge on any atom is -0.506 e. The SMILES string of the molecule is CCOC(=O)C1=C(O)/C(=C/c2cc(Br)c(OCC)c(I)c2)SC1=Nc1ccccc1. The minimum absolute atomic E-state index is 0.0802. The van der Waals surface area contributed by atoms with Crippen LogP contribution < -0.4 is 4.74 Å². The summed E-state index contributed by atoms with van der Waals surface area (Å²) in [5, 5.41) is 11.2. The largest absolute Gasteiger partial charge is 0.506 e. The zero-order chi connectivity index (χ0) is 21.7. The van der Waals surface area contributed by atoms with Gasteiger partial charge in [0.05, 0.1) is 31.8 Å². The van der Waals surface area contributed by atoms with Gasteiger partial charge in [-0.25, -0.2) is 9.79 Å². The van der Waals surface area contributed by atoms with Gasteiger partial charge in [-0.1, -0.05) is 30.0 Å². The standard InChI is InChI=1S/C22H19BrINO4S/c1-3-28-20-15(23)10-13(11-16(20)24)12-17-19(26)18(22(27)29-4-2)21(30-17)25-14-8-6-5-7-9-14/h5-12,26H,3-4H2,1-2H3/b17-12-,25-21?. The molecule has 1 heterocycles. The van der Waals surface area contributed by atoms with Crippen molar-refractivity contribution in [2.45, 2.75) is 13.8 Å². The van der Waals surface area contributed by atoms with Crippen molar-refractivity contribution < 1.29 is 19.4 Å². The number of benzene rings is 2. The maximum atomic E-state index is 12.5. The molecule has 0 atom stereocenters. The molecule has 0 radical (unpaired) electrons. The highest BCUT2D eigenvalue weighted by atomic mass is 127. The summed E-state index contributed by atoms with van der Waals surface area (Å²) in [7, 11) is 0. The number of aliphatic hydroxyl groups excluding tert-OH is 1. The molecule has 2 aromatic carbocycles. The topological polar surface area (TPSA) is 68.1 Å². The normalized spacial score (nSPS) is 16.4. The number of hydrogen-bond acceptors (Lipinski definition) is 6. The number of thioether (sulfide) groups is 1. The Labute approximate surface area is 201 Å². The molecule has 30 heavy (non-hydrogen) atoms. The van der Waals surface area contributed by atoms with Gasteiger partial charge in [0.25, 0.3) is 0 Å². The number of aliphatic imine (C=N–C) groups is 1. The second-order valence-electron chi connectivity index (χ2n) is 6.05. The van der Waals surface area contributed by atoms with Gasteiger partial charge in [0.15, 0.2) is 0 Å². The second-order valence-corrected chi connectivity index (χ2v) is 9.10. The van der Waals surface area contributed by atoms with Gasteiger partial charge in [-0.2, -0.15) is 0 Å². The van der Waals surface area contributed by atoms with Crippen LogP contribution in [0, 0.1) is 3.57 Å². The smallest absolute Gasteiger partial charge is 0.344 e. The number of halogens is 2. The van der Waals surface area contributed by atoms with Crippen molar-refractivity contribution in [1.82, 2.24) is 0 Å². The highest BCUT2D eigenvalue weighted by Gasteiger charge is 2.33. The Balaban J connectivity index is 2.03. The predicted molar refractivity (Wildman–Crippen MR) is 133 cm³/mol. The highest BCUT2D eigenvalue weighted by molar-refractivity contribution is 14.1. The van der Waals surface area contributed by atoms with Crippen molar-refractivity contribution >= 4 is 73.1 Å². The van der Waals surface area contributed by atoms with E-state index in [4.69, 9.17) is 9.47 Å². The van der Waals surface area contributed by atoms with Crippen molar-refractivity contribution in [2.75, 3.05) is 13.2 Å². The van der Waals surface area contributed by atoms with E-state index in [1.165, 1.54) is 11.8 Å². The summed E-state index contributed by atoms with van der Waals surface area (Å²) in [5.74, 6) is 0.0498. The lowest BCUT2D eigenvalue weighted by Crippen LogP contribution is -2.12. The number of esters is 1. The molecule has 2 aromatic rings. The van der Waals surface area contributed by atoms with E-state index in [1.54, 1.807) is 6.92 Å². The van der Waals surface area contributed by atoms with Gasteiger partial charge in [0.2, 0.25) is 0 Å². The van der Waals surface area contributed by atoms with Crippen LogP contribution in [-0.2, 0) is 9.53 Å². The van der Waals surface area contributed by atoms with E-state index in [-0.39, 0.29) is 17.9 Å². The zero-order valence-corrected chi connectivity index (χ0v) is 20.9. The lowest BCUT2D eigenvalue weighted by atomic mass is 10.1. The molecule has 0 aromatic heterocycles. The molecule has 0 amide bonds. The molecular weight excluding hydrogens is 581 g/mol. The maximum absolute atomic E-state index is 12.5. The molecule has 5 nitrogen and oxygen atoms in total. The third-order valence-corrected chi connectivity index (χ3v) is 6.37. The Morgan fingerprint density at radius 1 is 1.23 bits per heavy atom. The highest BCUT2D eigenvalue weighted by Crippen LogP contribution is 2.41. The van der Waals surface area contributed by atoms with E-state index in [2.05, 4.69) is 43.5 Å². The molecule has 1 aliphatic heterocycles. The Hall–Kier alpha value is -1.78. The minimum atomic E-state index is -0.594. The van der Waals surface area contributed by atoms with E-state index in [1.807, 2.05) is 55.5 Å². The Kier molecular flexibility index (Phi) is 8.01. The number of para-hydroxylation sites is 1. The first-order valence-corrected chi connectivity index (χ1v) is 11.9. The van der Waals surface area contributed by atoms with Crippen LogP contribution in [0.1, 0.15) is 19.4 Å². The molecule has 1 N–H and O–H groups in total. The Bertz CT molecular complexity index is 1030. The van der Waals surface area contributed by atoms with Crippen molar-refractivity contribution in [3.63, 3.8) is 0 Å². The van der Waals surface area contributed by atoms with E-state index in [0.29, 0.717) is 22.2 Å².